The van der Waals surface area contributed by atoms with Gasteiger partial charge in [0.2, 0.25) is 0 Å². The number of rotatable bonds is 14. The molecular formula is C22H31BrO3S. The first-order valence-electron chi connectivity index (χ1n) is 9.97. The van der Waals surface area contributed by atoms with E-state index in [-0.39, 0.29) is 6.61 Å². The zero-order valence-electron chi connectivity index (χ0n) is 16.0. The minimum atomic E-state index is -0.678. The molecule has 5 heteroatoms. The van der Waals surface area contributed by atoms with E-state index >= 15 is 0 Å². The van der Waals surface area contributed by atoms with Gasteiger partial charge in [-0.2, -0.15) is 0 Å². The van der Waals surface area contributed by atoms with Crippen LogP contribution in [0.3, 0.4) is 0 Å². The number of benzene rings is 2. The molecule has 0 spiro atoms. The molecule has 0 aliphatic heterocycles. The summed E-state index contributed by atoms with van der Waals surface area (Å²) in [4.78, 5) is 0. The number of hydrogen-bond acceptors (Lipinski definition) is 3. The Hall–Kier alpha value is -0.910. The lowest BCUT2D eigenvalue weighted by Gasteiger charge is -2.09. The fourth-order valence-electron chi connectivity index (χ4n) is 3.08. The summed E-state index contributed by atoms with van der Waals surface area (Å²) in [6.45, 7) is 0.994. The van der Waals surface area contributed by atoms with E-state index in [4.69, 9.17) is 9.84 Å². The van der Waals surface area contributed by atoms with E-state index in [1.165, 1.54) is 5.39 Å². The summed E-state index contributed by atoms with van der Waals surface area (Å²) < 4.78 is 19.0. The third kappa shape index (κ3) is 8.75. The van der Waals surface area contributed by atoms with Crippen LogP contribution in [0, 0.1) is 0 Å². The average molecular weight is 455 g/mol. The molecule has 0 aliphatic carbocycles. The fourth-order valence-corrected chi connectivity index (χ4v) is 4.72. The molecule has 0 aliphatic rings. The van der Waals surface area contributed by atoms with E-state index in [0.717, 1.165) is 85.1 Å². The molecule has 1 unspecified atom stereocenters. The van der Waals surface area contributed by atoms with Gasteiger partial charge in [0.25, 0.3) is 0 Å². The van der Waals surface area contributed by atoms with Crippen LogP contribution in [0.2, 0.25) is 0 Å². The zero-order valence-corrected chi connectivity index (χ0v) is 18.4. The highest BCUT2D eigenvalue weighted by atomic mass is 79.9. The van der Waals surface area contributed by atoms with Crippen molar-refractivity contribution in [1.29, 1.82) is 0 Å². The van der Waals surface area contributed by atoms with Crippen LogP contribution in [0.15, 0.2) is 40.9 Å². The van der Waals surface area contributed by atoms with Gasteiger partial charge in [-0.05, 0) is 55.3 Å². The van der Waals surface area contributed by atoms with Gasteiger partial charge in [-0.15, -0.1) is 0 Å². The third-order valence-electron chi connectivity index (χ3n) is 4.61. The summed E-state index contributed by atoms with van der Waals surface area (Å²) in [6.07, 6.45) is 8.29. The number of fused-ring (bicyclic) bond motifs is 1. The van der Waals surface area contributed by atoms with Crippen molar-refractivity contribution in [2.75, 3.05) is 24.7 Å². The van der Waals surface area contributed by atoms with Gasteiger partial charge in [0.1, 0.15) is 5.75 Å². The predicted molar refractivity (Wildman–Crippen MR) is 119 cm³/mol. The minimum Gasteiger partial charge on any atom is -0.493 e. The highest BCUT2D eigenvalue weighted by Crippen LogP contribution is 2.28. The van der Waals surface area contributed by atoms with E-state index in [9.17, 15) is 4.21 Å². The fraction of sp³-hybridized carbons (Fsp3) is 0.545. The van der Waals surface area contributed by atoms with Crippen molar-refractivity contribution >= 4 is 37.5 Å². The lowest BCUT2D eigenvalue weighted by atomic mass is 10.1. The second-order valence-corrected chi connectivity index (χ2v) is 9.48. The molecule has 2 aromatic rings. The van der Waals surface area contributed by atoms with Gasteiger partial charge in [0, 0.05) is 38.8 Å². The first-order chi connectivity index (χ1) is 13.2. The largest absolute Gasteiger partial charge is 0.493 e. The maximum Gasteiger partial charge on any atom is 0.127 e. The van der Waals surface area contributed by atoms with E-state index in [0.29, 0.717) is 0 Å². The van der Waals surface area contributed by atoms with Crippen molar-refractivity contribution in [3.05, 3.63) is 40.9 Å². The van der Waals surface area contributed by atoms with Crippen molar-refractivity contribution in [1.82, 2.24) is 0 Å². The highest BCUT2D eigenvalue weighted by Gasteiger charge is 2.03. The molecule has 2 rings (SSSR count). The molecule has 0 amide bonds. The topological polar surface area (TPSA) is 46.5 Å². The second-order valence-electron chi connectivity index (χ2n) is 6.87. The van der Waals surface area contributed by atoms with Gasteiger partial charge in [-0.3, -0.25) is 4.21 Å². The van der Waals surface area contributed by atoms with E-state index in [2.05, 4.69) is 34.1 Å². The monoisotopic (exact) mass is 454 g/mol. The Bertz CT molecular complexity index is 705. The molecule has 2 aromatic carbocycles. The van der Waals surface area contributed by atoms with E-state index in [1.54, 1.807) is 0 Å². The number of halogens is 1. The maximum atomic E-state index is 11.9. The van der Waals surface area contributed by atoms with Crippen LogP contribution in [0.25, 0.3) is 10.8 Å². The number of hydrogen-bond donors (Lipinski definition) is 1. The minimum absolute atomic E-state index is 0.269. The summed E-state index contributed by atoms with van der Waals surface area (Å²) in [5, 5.41) is 11.1. The Balaban J connectivity index is 1.54. The maximum absolute atomic E-state index is 11.9. The van der Waals surface area contributed by atoms with Crippen LogP contribution in [-0.2, 0) is 10.8 Å². The normalized spacial score (nSPS) is 12.4. The molecule has 3 nitrogen and oxygen atoms in total. The summed E-state index contributed by atoms with van der Waals surface area (Å²) in [5.41, 5.74) is 0. The van der Waals surface area contributed by atoms with Gasteiger partial charge >= 0.3 is 0 Å². The van der Waals surface area contributed by atoms with Gasteiger partial charge in [-0.25, -0.2) is 0 Å². The first-order valence-corrected chi connectivity index (χ1v) is 12.3. The molecule has 0 heterocycles. The second kappa shape index (κ2) is 13.3. The predicted octanol–water partition coefficient (Wildman–Crippen LogP) is 5.84. The standard InChI is InChI=1S/C22H31BrO3S/c23-20-12-13-21-19(18-20)10-9-11-22(21)26-15-6-2-4-8-17-27(25)16-7-3-1-5-14-24/h9-13,18,24H,1-8,14-17H2. The Labute approximate surface area is 174 Å². The van der Waals surface area contributed by atoms with Crippen LogP contribution in [0.5, 0.6) is 5.75 Å². The Morgan fingerprint density at radius 1 is 0.889 bits per heavy atom. The van der Waals surface area contributed by atoms with Crippen LogP contribution in [-0.4, -0.2) is 34.0 Å². The summed E-state index contributed by atoms with van der Waals surface area (Å²) >= 11 is 3.51. The van der Waals surface area contributed by atoms with Crippen molar-refractivity contribution in [3.63, 3.8) is 0 Å². The molecule has 0 fully saturated rings. The average Bonchev–Trinajstić information content (AvgIpc) is 2.66. The van der Waals surface area contributed by atoms with Crippen molar-refractivity contribution in [2.24, 2.45) is 0 Å². The van der Waals surface area contributed by atoms with Gasteiger partial charge < -0.3 is 9.84 Å². The first kappa shape index (κ1) is 22.4. The quantitative estimate of drug-likeness (QED) is 0.364. The lowest BCUT2D eigenvalue weighted by molar-refractivity contribution is 0.283. The molecule has 0 bridgehead atoms. The smallest absolute Gasteiger partial charge is 0.127 e. The van der Waals surface area contributed by atoms with E-state index < -0.39 is 10.8 Å². The van der Waals surface area contributed by atoms with Crippen LogP contribution in [0.1, 0.15) is 51.4 Å². The zero-order chi connectivity index (χ0) is 19.3. The van der Waals surface area contributed by atoms with Crippen LogP contribution < -0.4 is 4.74 Å². The summed E-state index contributed by atoms with van der Waals surface area (Å²) in [6, 6.07) is 12.4. The van der Waals surface area contributed by atoms with E-state index in [1.807, 2.05) is 18.2 Å². The van der Waals surface area contributed by atoms with Crippen molar-refractivity contribution < 1.29 is 14.1 Å². The Morgan fingerprint density at radius 2 is 1.59 bits per heavy atom. The highest BCUT2D eigenvalue weighted by molar-refractivity contribution is 9.10. The summed E-state index contributed by atoms with van der Waals surface area (Å²) in [5.74, 6) is 2.58. The number of unbranched alkanes of at least 4 members (excludes halogenated alkanes) is 6. The number of aliphatic hydroxyl groups excluding tert-OH is 1. The van der Waals surface area contributed by atoms with Gasteiger partial charge in [0.05, 0.1) is 6.61 Å². The van der Waals surface area contributed by atoms with Crippen molar-refractivity contribution in [2.45, 2.75) is 51.4 Å². The molecule has 150 valence electrons. The Kier molecular flexibility index (Phi) is 11.0. The number of ether oxygens (including phenoxy) is 1. The molecule has 0 radical (unpaired) electrons. The molecule has 27 heavy (non-hydrogen) atoms. The molecule has 1 N–H and O–H groups in total. The van der Waals surface area contributed by atoms with Gasteiger partial charge in [0.15, 0.2) is 0 Å². The van der Waals surface area contributed by atoms with Gasteiger partial charge in [-0.1, -0.05) is 53.7 Å². The molecule has 0 saturated heterocycles. The molecular weight excluding hydrogens is 424 g/mol. The Morgan fingerprint density at radius 3 is 2.33 bits per heavy atom. The van der Waals surface area contributed by atoms with Crippen molar-refractivity contribution in [3.8, 4) is 5.75 Å². The molecule has 0 aromatic heterocycles. The van der Waals surface area contributed by atoms with Crippen LogP contribution in [0.4, 0.5) is 0 Å². The summed E-state index contributed by atoms with van der Waals surface area (Å²) in [7, 11) is -0.678. The SMILES string of the molecule is O=S(CCCCCCO)CCCCCCOc1cccc2cc(Br)ccc12. The third-order valence-corrected chi connectivity index (χ3v) is 6.59. The van der Waals surface area contributed by atoms with Crippen LogP contribution >= 0.6 is 15.9 Å². The molecule has 1 atom stereocenters. The molecule has 0 saturated carbocycles. The lowest BCUT2D eigenvalue weighted by Crippen LogP contribution is -2.03. The number of aliphatic hydroxyl groups is 1.